The van der Waals surface area contributed by atoms with Gasteiger partial charge in [0.15, 0.2) is 0 Å². The predicted molar refractivity (Wildman–Crippen MR) is 99.0 cm³/mol. The maximum absolute atomic E-state index is 3.43. The first-order valence-electron chi connectivity index (χ1n) is 8.35. The molecule has 4 aromatic rings. The van der Waals surface area contributed by atoms with E-state index in [1.165, 1.54) is 50.3 Å². The molecule has 1 aliphatic rings. The van der Waals surface area contributed by atoms with Gasteiger partial charge >= 0.3 is 0 Å². The van der Waals surface area contributed by atoms with Crippen molar-refractivity contribution in [2.24, 2.45) is 0 Å². The van der Waals surface area contributed by atoms with Crippen LogP contribution in [0, 0.1) is 6.92 Å². The van der Waals surface area contributed by atoms with Gasteiger partial charge in [0.2, 0.25) is 0 Å². The largest absolute Gasteiger partial charge is 0.361 e. The summed E-state index contributed by atoms with van der Waals surface area (Å²) in [6.07, 6.45) is 4.99. The highest BCUT2D eigenvalue weighted by Gasteiger charge is 2.26. The Kier molecular flexibility index (Phi) is 2.80. The Labute approximate surface area is 141 Å². The fourth-order valence-electron chi connectivity index (χ4n) is 4.03. The third kappa shape index (κ3) is 1.83. The van der Waals surface area contributed by atoms with Crippen molar-refractivity contribution in [3.05, 3.63) is 83.7 Å². The molecule has 0 saturated heterocycles. The van der Waals surface area contributed by atoms with Gasteiger partial charge in [-0.25, -0.2) is 0 Å². The molecule has 2 N–H and O–H groups in total. The second-order valence-corrected chi connectivity index (χ2v) is 6.47. The van der Waals surface area contributed by atoms with Gasteiger partial charge in [-0.2, -0.15) is 0 Å². The van der Waals surface area contributed by atoms with E-state index < -0.39 is 0 Å². The van der Waals surface area contributed by atoms with E-state index in [0.717, 1.165) is 6.42 Å². The topological polar surface area (TPSA) is 31.6 Å². The van der Waals surface area contributed by atoms with Crippen LogP contribution in [0.15, 0.2) is 67.0 Å². The lowest BCUT2D eigenvalue weighted by molar-refractivity contribution is 1.24. The van der Waals surface area contributed by atoms with Gasteiger partial charge in [-0.3, -0.25) is 0 Å². The van der Waals surface area contributed by atoms with Gasteiger partial charge in [0.05, 0.1) is 0 Å². The van der Waals surface area contributed by atoms with Gasteiger partial charge in [0, 0.05) is 34.9 Å². The molecule has 2 nitrogen and oxygen atoms in total. The minimum atomic E-state index is 0.994. The van der Waals surface area contributed by atoms with Crippen LogP contribution in [-0.4, -0.2) is 9.97 Å². The Balaban J connectivity index is 1.88. The molecular formula is C22H18N2. The Morgan fingerprint density at radius 2 is 1.46 bits per heavy atom. The van der Waals surface area contributed by atoms with E-state index in [9.17, 15) is 0 Å². The third-order valence-corrected chi connectivity index (χ3v) is 5.04. The van der Waals surface area contributed by atoms with Crippen molar-refractivity contribution in [3.63, 3.8) is 0 Å². The zero-order valence-corrected chi connectivity index (χ0v) is 13.6. The number of nitrogens with one attached hydrogen (secondary N) is 2. The molecule has 116 valence electrons. The van der Waals surface area contributed by atoms with Crippen molar-refractivity contribution in [1.82, 2.24) is 9.97 Å². The summed E-state index contributed by atoms with van der Waals surface area (Å²) < 4.78 is 0. The first-order chi connectivity index (χ1) is 11.8. The van der Waals surface area contributed by atoms with Gasteiger partial charge in [-0.1, -0.05) is 30.3 Å². The van der Waals surface area contributed by atoms with E-state index in [1.54, 1.807) is 0 Å². The van der Waals surface area contributed by atoms with Crippen molar-refractivity contribution < 1.29 is 0 Å². The van der Waals surface area contributed by atoms with Crippen LogP contribution in [0.2, 0.25) is 0 Å². The molecule has 2 heterocycles. The third-order valence-electron chi connectivity index (χ3n) is 5.04. The lowest BCUT2D eigenvalue weighted by Crippen LogP contribution is -1.96. The molecule has 24 heavy (non-hydrogen) atoms. The van der Waals surface area contributed by atoms with Crippen LogP contribution in [0.1, 0.15) is 16.7 Å². The number of hydrogen-bond acceptors (Lipinski definition) is 0. The maximum atomic E-state index is 3.43. The minimum absolute atomic E-state index is 0.994. The Hall–Kier alpha value is -3.00. The number of fused-ring (bicyclic) bond motifs is 3. The lowest BCUT2D eigenvalue weighted by atomic mass is 9.89. The highest BCUT2D eigenvalue weighted by atomic mass is 14.7. The molecule has 2 heteroatoms. The molecule has 0 unspecified atom stereocenters. The summed E-state index contributed by atoms with van der Waals surface area (Å²) in [5.41, 5.74) is 11.9. The van der Waals surface area contributed by atoms with E-state index >= 15 is 0 Å². The van der Waals surface area contributed by atoms with E-state index in [-0.39, 0.29) is 0 Å². The number of aromatic amines is 2. The average molecular weight is 310 g/mol. The molecule has 0 saturated carbocycles. The van der Waals surface area contributed by atoms with E-state index in [4.69, 9.17) is 0 Å². The number of H-pyrrole nitrogens is 2. The summed E-state index contributed by atoms with van der Waals surface area (Å²) in [6.45, 7) is 2.21. The number of hydrogen-bond donors (Lipinski definition) is 2. The van der Waals surface area contributed by atoms with E-state index in [0.29, 0.717) is 0 Å². The normalized spacial score (nSPS) is 12.2. The molecule has 5 rings (SSSR count). The molecule has 0 aliphatic heterocycles. The van der Waals surface area contributed by atoms with Gasteiger partial charge in [0.25, 0.3) is 0 Å². The van der Waals surface area contributed by atoms with E-state index in [1.807, 2.05) is 12.4 Å². The molecular weight excluding hydrogens is 292 g/mol. The summed E-state index contributed by atoms with van der Waals surface area (Å²) in [7, 11) is 0. The van der Waals surface area contributed by atoms with Gasteiger partial charge in [-0.15, -0.1) is 0 Å². The molecule has 1 aliphatic carbocycles. The molecule has 0 spiro atoms. The van der Waals surface area contributed by atoms with Crippen LogP contribution in [0.5, 0.6) is 0 Å². The van der Waals surface area contributed by atoms with Crippen molar-refractivity contribution in [2.45, 2.75) is 13.3 Å². The SMILES string of the molecule is Cc1cc2c(c(-c3ccc[nH]3)c1-c1ccc[nH]1)Cc1ccccc1-2. The van der Waals surface area contributed by atoms with Crippen molar-refractivity contribution in [1.29, 1.82) is 0 Å². The fraction of sp³-hybridized carbons (Fsp3) is 0.0909. The second kappa shape index (κ2) is 5.00. The average Bonchev–Trinajstić information content (AvgIpc) is 3.34. The second-order valence-electron chi connectivity index (χ2n) is 6.47. The summed E-state index contributed by atoms with van der Waals surface area (Å²) >= 11 is 0. The van der Waals surface area contributed by atoms with Crippen LogP contribution in [-0.2, 0) is 6.42 Å². The number of rotatable bonds is 2. The van der Waals surface area contributed by atoms with Gasteiger partial charge < -0.3 is 9.97 Å². The van der Waals surface area contributed by atoms with E-state index in [2.05, 4.69) is 71.5 Å². The monoisotopic (exact) mass is 310 g/mol. The molecule has 2 aromatic carbocycles. The number of benzene rings is 2. The highest BCUT2D eigenvalue weighted by molar-refractivity contribution is 5.93. The molecule has 0 atom stereocenters. The Bertz CT molecular complexity index is 1020. The summed E-state index contributed by atoms with van der Waals surface area (Å²) in [4.78, 5) is 6.82. The summed E-state index contributed by atoms with van der Waals surface area (Å²) in [5.74, 6) is 0. The summed E-state index contributed by atoms with van der Waals surface area (Å²) in [5, 5.41) is 0. The van der Waals surface area contributed by atoms with Gasteiger partial charge in [0.1, 0.15) is 0 Å². The molecule has 2 aromatic heterocycles. The van der Waals surface area contributed by atoms with Gasteiger partial charge in [-0.05, 0) is 65.4 Å². The quantitative estimate of drug-likeness (QED) is 0.428. The van der Waals surface area contributed by atoms with Crippen molar-refractivity contribution in [2.75, 3.05) is 0 Å². The smallest absolute Gasteiger partial charge is 0.0463 e. The standard InChI is InChI=1S/C22H18N2/c1-14-12-17-16-7-3-2-6-15(16)13-18(17)22(20-9-5-11-24-20)21(14)19-8-4-10-23-19/h2-12,23-24H,13H2,1H3. The number of aromatic nitrogens is 2. The van der Waals surface area contributed by atoms with Crippen LogP contribution in [0.25, 0.3) is 33.6 Å². The minimum Gasteiger partial charge on any atom is -0.361 e. The zero-order valence-electron chi connectivity index (χ0n) is 13.6. The molecule has 0 fully saturated rings. The predicted octanol–water partition coefficient (Wildman–Crippen LogP) is 5.56. The van der Waals surface area contributed by atoms with Crippen LogP contribution < -0.4 is 0 Å². The zero-order chi connectivity index (χ0) is 16.1. The molecule has 0 radical (unpaired) electrons. The van der Waals surface area contributed by atoms with Crippen molar-refractivity contribution in [3.8, 4) is 33.6 Å². The Morgan fingerprint density at radius 1 is 0.750 bits per heavy atom. The van der Waals surface area contributed by atoms with Crippen molar-refractivity contribution >= 4 is 0 Å². The van der Waals surface area contributed by atoms with Crippen LogP contribution >= 0.6 is 0 Å². The molecule has 0 amide bonds. The first-order valence-corrected chi connectivity index (χ1v) is 8.35. The summed E-state index contributed by atoms with van der Waals surface area (Å²) in [6, 6.07) is 19.6. The Morgan fingerprint density at radius 3 is 2.17 bits per heavy atom. The maximum Gasteiger partial charge on any atom is 0.0463 e. The highest BCUT2D eigenvalue weighted by Crippen LogP contribution is 2.46. The lowest BCUT2D eigenvalue weighted by Gasteiger charge is -2.16. The number of aryl methyl sites for hydroxylation is 1. The van der Waals surface area contributed by atoms with Crippen LogP contribution in [0.3, 0.4) is 0 Å². The molecule has 0 bridgehead atoms. The first kappa shape index (κ1) is 13.4. The van der Waals surface area contributed by atoms with Crippen LogP contribution in [0.4, 0.5) is 0 Å². The fourth-order valence-corrected chi connectivity index (χ4v) is 4.03.